The van der Waals surface area contributed by atoms with Crippen LogP contribution in [0.5, 0.6) is 0 Å². The van der Waals surface area contributed by atoms with Crippen LogP contribution < -0.4 is 5.73 Å². The highest BCUT2D eigenvalue weighted by Crippen LogP contribution is 2.00. The second kappa shape index (κ2) is 5.04. The van der Waals surface area contributed by atoms with E-state index >= 15 is 0 Å². The number of aromatic nitrogens is 1. The van der Waals surface area contributed by atoms with Crippen LogP contribution in [0.25, 0.3) is 0 Å². The molecule has 0 aliphatic heterocycles. The van der Waals surface area contributed by atoms with Gasteiger partial charge in [-0.15, -0.1) is 0 Å². The van der Waals surface area contributed by atoms with Gasteiger partial charge in [0.1, 0.15) is 0 Å². The quantitative estimate of drug-likeness (QED) is 0.707. The van der Waals surface area contributed by atoms with Crippen LogP contribution in [0.2, 0.25) is 0 Å². The van der Waals surface area contributed by atoms with Gasteiger partial charge >= 0.3 is 0 Å². The fourth-order valence-corrected chi connectivity index (χ4v) is 1.22. The predicted octanol–water partition coefficient (Wildman–Crippen LogP) is 0.836. The summed E-state index contributed by atoms with van der Waals surface area (Å²) in [5.74, 6) is 0. The summed E-state index contributed by atoms with van der Waals surface area (Å²) >= 11 is 0. The van der Waals surface area contributed by atoms with Crippen LogP contribution in [-0.2, 0) is 6.42 Å². The maximum atomic E-state index is 5.57. The molecule has 0 radical (unpaired) electrons. The molecule has 0 saturated carbocycles. The minimum atomic E-state index is 0.471. The molecule has 0 saturated heterocycles. The number of nitrogens with two attached hydrogens (primary N) is 1. The van der Waals surface area contributed by atoms with E-state index in [2.05, 4.69) is 29.9 Å². The van der Waals surface area contributed by atoms with Crippen molar-refractivity contribution in [2.24, 2.45) is 5.73 Å². The standard InChI is InChI=1S/C10H19N3/c1-9(7-11)13(2)6-4-10-3-5-12-8-10/h3,5,8-9,12H,4,6-7,11H2,1-2H3. The molecule has 74 valence electrons. The summed E-state index contributed by atoms with van der Waals surface area (Å²) < 4.78 is 0. The normalized spacial score (nSPS) is 13.5. The lowest BCUT2D eigenvalue weighted by Gasteiger charge is -2.22. The van der Waals surface area contributed by atoms with Gasteiger partial charge in [-0.3, -0.25) is 0 Å². The molecule has 1 atom stereocenters. The maximum Gasteiger partial charge on any atom is 0.0187 e. The maximum absolute atomic E-state index is 5.57. The number of likely N-dealkylation sites (N-methyl/N-ethyl adjacent to an activating group) is 1. The SMILES string of the molecule is CC(CN)N(C)CCc1cc[nH]c1. The Kier molecular flexibility index (Phi) is 3.99. The van der Waals surface area contributed by atoms with E-state index in [-0.39, 0.29) is 0 Å². The number of nitrogens with zero attached hydrogens (tertiary/aromatic N) is 1. The van der Waals surface area contributed by atoms with Crippen LogP contribution in [0.3, 0.4) is 0 Å². The van der Waals surface area contributed by atoms with Gasteiger partial charge in [0.15, 0.2) is 0 Å². The van der Waals surface area contributed by atoms with Crippen molar-refractivity contribution in [3.63, 3.8) is 0 Å². The van der Waals surface area contributed by atoms with Crippen molar-refractivity contribution in [2.45, 2.75) is 19.4 Å². The van der Waals surface area contributed by atoms with E-state index in [0.717, 1.165) is 19.5 Å². The third kappa shape index (κ3) is 3.20. The number of nitrogens with one attached hydrogen (secondary N) is 1. The Labute approximate surface area is 79.9 Å². The molecule has 0 aromatic carbocycles. The molecule has 0 aliphatic rings. The van der Waals surface area contributed by atoms with Crippen LogP contribution in [0.15, 0.2) is 18.5 Å². The van der Waals surface area contributed by atoms with Crippen LogP contribution in [0.1, 0.15) is 12.5 Å². The topological polar surface area (TPSA) is 45.0 Å². The van der Waals surface area contributed by atoms with Crippen LogP contribution in [0.4, 0.5) is 0 Å². The van der Waals surface area contributed by atoms with Gasteiger partial charge in [0.25, 0.3) is 0 Å². The first kappa shape index (κ1) is 10.3. The zero-order chi connectivity index (χ0) is 9.68. The highest BCUT2D eigenvalue weighted by Gasteiger charge is 2.06. The molecule has 1 unspecified atom stereocenters. The third-order valence-electron chi connectivity index (χ3n) is 2.51. The van der Waals surface area contributed by atoms with Crippen molar-refractivity contribution in [1.29, 1.82) is 0 Å². The van der Waals surface area contributed by atoms with Gasteiger partial charge in [0, 0.05) is 31.5 Å². The van der Waals surface area contributed by atoms with Crippen LogP contribution in [-0.4, -0.2) is 36.1 Å². The van der Waals surface area contributed by atoms with E-state index in [1.165, 1.54) is 5.56 Å². The second-order valence-electron chi connectivity index (χ2n) is 3.53. The predicted molar refractivity (Wildman–Crippen MR) is 55.6 cm³/mol. The van der Waals surface area contributed by atoms with Crippen LogP contribution in [0, 0.1) is 0 Å². The van der Waals surface area contributed by atoms with E-state index < -0.39 is 0 Å². The molecule has 3 heteroatoms. The Bertz CT molecular complexity index is 218. The molecule has 13 heavy (non-hydrogen) atoms. The number of hydrogen-bond acceptors (Lipinski definition) is 2. The molecule has 1 aromatic rings. The lowest BCUT2D eigenvalue weighted by molar-refractivity contribution is 0.266. The summed E-state index contributed by atoms with van der Waals surface area (Å²) in [7, 11) is 2.12. The van der Waals surface area contributed by atoms with E-state index in [1.54, 1.807) is 0 Å². The van der Waals surface area contributed by atoms with E-state index in [4.69, 9.17) is 5.73 Å². The van der Waals surface area contributed by atoms with E-state index in [1.807, 2.05) is 12.4 Å². The molecule has 0 fully saturated rings. The Balaban J connectivity index is 2.26. The summed E-state index contributed by atoms with van der Waals surface area (Å²) in [5, 5.41) is 0. The molecular weight excluding hydrogens is 162 g/mol. The minimum Gasteiger partial charge on any atom is -0.367 e. The van der Waals surface area contributed by atoms with E-state index in [0.29, 0.717) is 6.04 Å². The molecule has 0 amide bonds. The monoisotopic (exact) mass is 181 g/mol. The highest BCUT2D eigenvalue weighted by atomic mass is 15.1. The van der Waals surface area contributed by atoms with Crippen molar-refractivity contribution in [3.8, 4) is 0 Å². The van der Waals surface area contributed by atoms with Crippen molar-refractivity contribution >= 4 is 0 Å². The largest absolute Gasteiger partial charge is 0.367 e. The van der Waals surface area contributed by atoms with Gasteiger partial charge in [0.2, 0.25) is 0 Å². The van der Waals surface area contributed by atoms with Gasteiger partial charge in [-0.2, -0.15) is 0 Å². The van der Waals surface area contributed by atoms with Crippen LogP contribution >= 0.6 is 0 Å². The van der Waals surface area contributed by atoms with Gasteiger partial charge in [-0.05, 0) is 32.0 Å². The summed E-state index contributed by atoms with van der Waals surface area (Å²) in [5.41, 5.74) is 6.93. The van der Waals surface area contributed by atoms with Gasteiger partial charge < -0.3 is 15.6 Å². The summed E-state index contributed by atoms with van der Waals surface area (Å²) in [6, 6.07) is 2.58. The average molecular weight is 181 g/mol. The highest BCUT2D eigenvalue weighted by molar-refractivity contribution is 5.08. The first-order chi connectivity index (χ1) is 6.24. The molecule has 0 bridgehead atoms. The summed E-state index contributed by atoms with van der Waals surface area (Å²) in [6.45, 7) is 3.94. The lowest BCUT2D eigenvalue weighted by Crippen LogP contribution is -2.36. The molecule has 1 heterocycles. The molecule has 3 nitrogen and oxygen atoms in total. The van der Waals surface area contributed by atoms with Crippen molar-refractivity contribution < 1.29 is 0 Å². The van der Waals surface area contributed by atoms with E-state index in [9.17, 15) is 0 Å². The Morgan fingerprint density at radius 1 is 1.62 bits per heavy atom. The van der Waals surface area contributed by atoms with Gasteiger partial charge in [-0.1, -0.05) is 0 Å². The van der Waals surface area contributed by atoms with Crippen molar-refractivity contribution in [3.05, 3.63) is 24.0 Å². The summed E-state index contributed by atoms with van der Waals surface area (Å²) in [6.07, 6.45) is 5.09. The molecule has 0 spiro atoms. The average Bonchev–Trinajstić information content (AvgIpc) is 2.65. The van der Waals surface area contributed by atoms with Gasteiger partial charge in [0.05, 0.1) is 0 Å². The third-order valence-corrected chi connectivity index (χ3v) is 2.51. The molecule has 0 aliphatic carbocycles. The fraction of sp³-hybridized carbons (Fsp3) is 0.600. The first-order valence-corrected chi connectivity index (χ1v) is 4.76. The molecular formula is C10H19N3. The molecule has 3 N–H and O–H groups in total. The van der Waals surface area contributed by atoms with Gasteiger partial charge in [-0.25, -0.2) is 0 Å². The Hall–Kier alpha value is -0.800. The van der Waals surface area contributed by atoms with Crippen molar-refractivity contribution in [1.82, 2.24) is 9.88 Å². The number of H-pyrrole nitrogens is 1. The molecule has 1 rings (SSSR count). The second-order valence-corrected chi connectivity index (χ2v) is 3.53. The fourth-order valence-electron chi connectivity index (χ4n) is 1.22. The van der Waals surface area contributed by atoms with Crippen molar-refractivity contribution in [2.75, 3.05) is 20.1 Å². The number of aromatic amines is 1. The smallest absolute Gasteiger partial charge is 0.0187 e. The number of hydrogen-bond donors (Lipinski definition) is 2. The first-order valence-electron chi connectivity index (χ1n) is 4.76. The zero-order valence-corrected chi connectivity index (χ0v) is 8.46. The molecule has 1 aromatic heterocycles. The summed E-state index contributed by atoms with van der Waals surface area (Å²) in [4.78, 5) is 5.34. The Morgan fingerprint density at radius 3 is 2.92 bits per heavy atom. The zero-order valence-electron chi connectivity index (χ0n) is 8.46. The lowest BCUT2D eigenvalue weighted by atomic mass is 10.2. The number of rotatable bonds is 5. The minimum absolute atomic E-state index is 0.471. The Morgan fingerprint density at radius 2 is 2.38 bits per heavy atom.